The minimum absolute atomic E-state index is 0.213. The van der Waals surface area contributed by atoms with E-state index in [1.54, 1.807) is 6.08 Å². The molecule has 78 valence electrons. The number of hydrogen-bond donors (Lipinski definition) is 1. The Hall–Kier alpha value is -1.00. The highest BCUT2D eigenvalue weighted by Crippen LogP contribution is 2.35. The van der Waals surface area contributed by atoms with Crippen molar-refractivity contribution in [3.8, 4) is 0 Å². The van der Waals surface area contributed by atoms with E-state index in [4.69, 9.17) is 5.26 Å². The zero-order valence-corrected chi connectivity index (χ0v) is 8.49. The van der Waals surface area contributed by atoms with Gasteiger partial charge in [-0.25, -0.2) is 4.89 Å². The first kappa shape index (κ1) is 11.1. The van der Waals surface area contributed by atoms with Gasteiger partial charge in [-0.05, 0) is 24.6 Å². The summed E-state index contributed by atoms with van der Waals surface area (Å²) in [5.41, 5.74) is 1.41. The number of rotatable bonds is 3. The maximum absolute atomic E-state index is 10.5. The molecule has 1 rings (SSSR count). The third kappa shape index (κ3) is 2.75. The minimum Gasteiger partial charge on any atom is -0.252 e. The van der Waals surface area contributed by atoms with E-state index in [0.717, 1.165) is 12.0 Å². The van der Waals surface area contributed by atoms with Gasteiger partial charge in [0.1, 0.15) is 0 Å². The molecule has 0 fully saturated rings. The SMILES string of the molecule is CC1=CC=C(N=O)CC(C)(COO)C1. The molecule has 0 bridgehead atoms. The Balaban J connectivity index is 2.86. The van der Waals surface area contributed by atoms with Crippen molar-refractivity contribution >= 4 is 0 Å². The molecule has 14 heavy (non-hydrogen) atoms. The first-order valence-electron chi connectivity index (χ1n) is 4.56. The highest BCUT2D eigenvalue weighted by atomic mass is 17.1. The van der Waals surface area contributed by atoms with Crippen LogP contribution in [0.25, 0.3) is 0 Å². The maximum atomic E-state index is 10.5. The van der Waals surface area contributed by atoms with Gasteiger partial charge in [-0.2, -0.15) is 0 Å². The Morgan fingerprint density at radius 1 is 1.57 bits per heavy atom. The Morgan fingerprint density at radius 2 is 2.29 bits per heavy atom. The molecule has 0 radical (unpaired) electrons. The van der Waals surface area contributed by atoms with Gasteiger partial charge in [0.05, 0.1) is 12.3 Å². The van der Waals surface area contributed by atoms with Crippen LogP contribution >= 0.6 is 0 Å². The summed E-state index contributed by atoms with van der Waals surface area (Å²) in [5.74, 6) is 0. The van der Waals surface area contributed by atoms with Crippen LogP contribution in [-0.2, 0) is 4.89 Å². The van der Waals surface area contributed by atoms with E-state index >= 15 is 0 Å². The number of allylic oxidation sites excluding steroid dienone is 4. The predicted molar refractivity (Wildman–Crippen MR) is 53.6 cm³/mol. The molecule has 4 heteroatoms. The summed E-state index contributed by atoms with van der Waals surface area (Å²) in [6.45, 7) is 4.16. The summed E-state index contributed by atoms with van der Waals surface area (Å²) < 4.78 is 0. The van der Waals surface area contributed by atoms with Gasteiger partial charge < -0.3 is 0 Å². The second-order valence-electron chi connectivity index (χ2n) is 4.20. The fourth-order valence-corrected chi connectivity index (χ4v) is 1.85. The standard InChI is InChI=1S/C10H15NO3/c1-8-3-4-9(11-12)6-10(2,5-8)7-14-13/h3-4,13H,5-7H2,1-2H3. The average Bonchev–Trinajstić information content (AvgIpc) is 2.25. The van der Waals surface area contributed by atoms with Crippen molar-refractivity contribution in [2.45, 2.75) is 26.7 Å². The van der Waals surface area contributed by atoms with Crippen LogP contribution in [0.4, 0.5) is 0 Å². The predicted octanol–water partition coefficient (Wildman–Crippen LogP) is 2.87. The fourth-order valence-electron chi connectivity index (χ4n) is 1.85. The Kier molecular flexibility index (Phi) is 3.55. The first-order valence-corrected chi connectivity index (χ1v) is 4.56. The van der Waals surface area contributed by atoms with Gasteiger partial charge in [-0.15, -0.1) is 4.91 Å². The molecule has 0 aromatic rings. The lowest BCUT2D eigenvalue weighted by molar-refractivity contribution is -0.261. The van der Waals surface area contributed by atoms with Gasteiger partial charge in [-0.1, -0.05) is 18.6 Å². The maximum Gasteiger partial charge on any atom is 0.0880 e. The van der Waals surface area contributed by atoms with E-state index in [0.29, 0.717) is 12.1 Å². The van der Waals surface area contributed by atoms with Gasteiger partial charge in [0.2, 0.25) is 0 Å². The van der Waals surface area contributed by atoms with Gasteiger partial charge in [0.15, 0.2) is 0 Å². The third-order valence-electron chi connectivity index (χ3n) is 2.40. The Morgan fingerprint density at radius 3 is 2.86 bits per heavy atom. The Labute approximate surface area is 83.2 Å². The summed E-state index contributed by atoms with van der Waals surface area (Å²) in [6.07, 6.45) is 4.94. The fraction of sp³-hybridized carbons (Fsp3) is 0.600. The normalized spacial score (nSPS) is 27.6. The lowest BCUT2D eigenvalue weighted by Gasteiger charge is -2.26. The monoisotopic (exact) mass is 197 g/mol. The van der Waals surface area contributed by atoms with Crippen molar-refractivity contribution in [2.24, 2.45) is 10.6 Å². The summed E-state index contributed by atoms with van der Waals surface area (Å²) in [7, 11) is 0. The van der Waals surface area contributed by atoms with Crippen molar-refractivity contribution in [2.75, 3.05) is 6.61 Å². The number of nitrogens with zero attached hydrogens (tertiary/aromatic N) is 1. The smallest absolute Gasteiger partial charge is 0.0880 e. The van der Waals surface area contributed by atoms with Gasteiger partial charge >= 0.3 is 0 Å². The molecule has 0 saturated carbocycles. The molecule has 0 spiro atoms. The highest BCUT2D eigenvalue weighted by molar-refractivity contribution is 5.22. The first-order chi connectivity index (χ1) is 6.59. The van der Waals surface area contributed by atoms with Crippen LogP contribution < -0.4 is 0 Å². The number of hydrogen-bond acceptors (Lipinski definition) is 4. The van der Waals surface area contributed by atoms with Crippen molar-refractivity contribution in [3.05, 3.63) is 28.3 Å². The molecule has 0 heterocycles. The van der Waals surface area contributed by atoms with Gasteiger partial charge in [0.25, 0.3) is 0 Å². The molecule has 0 saturated heterocycles. The topological polar surface area (TPSA) is 58.9 Å². The molecule has 0 aliphatic heterocycles. The van der Waals surface area contributed by atoms with Crippen LogP contribution in [0.1, 0.15) is 26.7 Å². The molecule has 4 nitrogen and oxygen atoms in total. The molecule has 1 unspecified atom stereocenters. The van der Waals surface area contributed by atoms with Crippen LogP contribution in [0.3, 0.4) is 0 Å². The van der Waals surface area contributed by atoms with E-state index in [1.165, 1.54) is 0 Å². The third-order valence-corrected chi connectivity index (χ3v) is 2.40. The summed E-state index contributed by atoms with van der Waals surface area (Å²) in [4.78, 5) is 14.6. The van der Waals surface area contributed by atoms with Crippen molar-refractivity contribution in [1.82, 2.24) is 0 Å². The second-order valence-corrected chi connectivity index (χ2v) is 4.20. The van der Waals surface area contributed by atoms with Crippen molar-refractivity contribution in [3.63, 3.8) is 0 Å². The van der Waals surface area contributed by atoms with E-state index in [-0.39, 0.29) is 12.0 Å². The summed E-state index contributed by atoms with van der Waals surface area (Å²) in [5, 5.41) is 11.4. The summed E-state index contributed by atoms with van der Waals surface area (Å²) in [6, 6.07) is 0. The average molecular weight is 197 g/mol. The van der Waals surface area contributed by atoms with E-state index in [1.807, 2.05) is 19.9 Å². The zero-order valence-electron chi connectivity index (χ0n) is 8.49. The molecule has 0 amide bonds. The van der Waals surface area contributed by atoms with Gasteiger partial charge in [0, 0.05) is 11.8 Å². The molecular formula is C10H15NO3. The summed E-state index contributed by atoms with van der Waals surface area (Å²) >= 11 is 0. The lowest BCUT2D eigenvalue weighted by Crippen LogP contribution is -2.23. The van der Waals surface area contributed by atoms with Crippen LogP contribution in [-0.4, -0.2) is 11.9 Å². The quantitative estimate of drug-likeness (QED) is 0.430. The minimum atomic E-state index is -0.244. The van der Waals surface area contributed by atoms with Gasteiger partial charge in [-0.3, -0.25) is 5.26 Å². The molecular weight excluding hydrogens is 182 g/mol. The Bertz CT molecular complexity index is 283. The van der Waals surface area contributed by atoms with Crippen molar-refractivity contribution in [1.29, 1.82) is 0 Å². The largest absolute Gasteiger partial charge is 0.252 e. The molecule has 1 N–H and O–H groups in total. The molecule has 0 aromatic carbocycles. The second kappa shape index (κ2) is 4.48. The highest BCUT2D eigenvalue weighted by Gasteiger charge is 2.28. The molecule has 1 atom stereocenters. The van der Waals surface area contributed by atoms with Crippen molar-refractivity contribution < 1.29 is 10.1 Å². The van der Waals surface area contributed by atoms with E-state index < -0.39 is 0 Å². The number of nitroso groups, excluding NO2 is 1. The lowest BCUT2D eigenvalue weighted by atomic mass is 9.82. The van der Waals surface area contributed by atoms with Crippen LogP contribution in [0.2, 0.25) is 0 Å². The molecule has 1 aliphatic rings. The van der Waals surface area contributed by atoms with E-state index in [9.17, 15) is 4.91 Å². The van der Waals surface area contributed by atoms with Crippen LogP contribution in [0.15, 0.2) is 28.6 Å². The van der Waals surface area contributed by atoms with Crippen LogP contribution in [0.5, 0.6) is 0 Å². The molecule has 0 aromatic heterocycles. The molecule has 1 aliphatic carbocycles. The zero-order chi connectivity index (χ0) is 10.6. The van der Waals surface area contributed by atoms with Crippen LogP contribution in [0, 0.1) is 10.3 Å². The van der Waals surface area contributed by atoms with E-state index in [2.05, 4.69) is 10.1 Å².